The molecule has 1 aliphatic carbocycles. The molecule has 3 rings (SSSR count). The molecule has 7 heteroatoms. The summed E-state index contributed by atoms with van der Waals surface area (Å²) in [5.41, 5.74) is 3.13. The first-order chi connectivity index (χ1) is 10.6. The molecule has 1 aromatic carbocycles. The molecule has 1 fully saturated rings. The van der Waals surface area contributed by atoms with E-state index in [1.807, 2.05) is 26.0 Å². The Balaban J connectivity index is 1.50. The van der Waals surface area contributed by atoms with Gasteiger partial charge in [-0.1, -0.05) is 40.8 Å². The molecular formula is C15H18N4OS2. The summed E-state index contributed by atoms with van der Waals surface area (Å²) in [5, 5.41) is 15.3. The number of benzene rings is 1. The number of carbonyl (C=O) groups is 1. The monoisotopic (exact) mass is 334 g/mol. The summed E-state index contributed by atoms with van der Waals surface area (Å²) in [7, 11) is 0. The molecule has 0 spiro atoms. The maximum atomic E-state index is 12.0. The fourth-order valence-corrected chi connectivity index (χ4v) is 3.63. The smallest absolute Gasteiger partial charge is 0.234 e. The minimum absolute atomic E-state index is 0.0242. The van der Waals surface area contributed by atoms with Gasteiger partial charge >= 0.3 is 0 Å². The summed E-state index contributed by atoms with van der Waals surface area (Å²) in [4.78, 5) is 12.0. The molecule has 1 amide bonds. The Hall–Kier alpha value is -1.60. The van der Waals surface area contributed by atoms with E-state index in [0.717, 1.165) is 20.7 Å². The summed E-state index contributed by atoms with van der Waals surface area (Å²) in [6, 6.07) is 6.56. The summed E-state index contributed by atoms with van der Waals surface area (Å²) in [5.74, 6) is 0.314. The first kappa shape index (κ1) is 15.3. The zero-order valence-electron chi connectivity index (χ0n) is 12.5. The number of amides is 1. The zero-order valence-corrected chi connectivity index (χ0v) is 14.2. The van der Waals surface area contributed by atoms with Gasteiger partial charge in [0, 0.05) is 11.7 Å². The highest BCUT2D eigenvalue weighted by Crippen LogP contribution is 2.30. The Labute approximate surface area is 137 Å². The van der Waals surface area contributed by atoms with Crippen LogP contribution < -0.4 is 10.6 Å². The van der Waals surface area contributed by atoms with Crippen LogP contribution >= 0.6 is 23.1 Å². The average molecular weight is 334 g/mol. The lowest BCUT2D eigenvalue weighted by Gasteiger charge is -2.08. The summed E-state index contributed by atoms with van der Waals surface area (Å²) in [6.07, 6.45) is 2.42. The van der Waals surface area contributed by atoms with Crippen molar-refractivity contribution in [3.05, 3.63) is 29.3 Å². The van der Waals surface area contributed by atoms with E-state index in [1.54, 1.807) is 0 Å². The molecule has 22 heavy (non-hydrogen) atoms. The molecular weight excluding hydrogens is 316 g/mol. The van der Waals surface area contributed by atoms with Crippen LogP contribution in [0.25, 0.3) is 0 Å². The Morgan fingerprint density at radius 1 is 1.36 bits per heavy atom. The van der Waals surface area contributed by atoms with Gasteiger partial charge in [0.1, 0.15) is 0 Å². The third-order valence-corrected chi connectivity index (χ3v) is 5.28. The van der Waals surface area contributed by atoms with E-state index in [2.05, 4.69) is 26.9 Å². The largest absolute Gasteiger partial charge is 0.357 e. The molecule has 1 aliphatic rings. The van der Waals surface area contributed by atoms with Crippen LogP contribution in [0.5, 0.6) is 0 Å². The molecule has 0 aliphatic heterocycles. The van der Waals surface area contributed by atoms with Crippen LogP contribution in [0.2, 0.25) is 0 Å². The van der Waals surface area contributed by atoms with Crippen LogP contribution in [-0.4, -0.2) is 27.9 Å². The van der Waals surface area contributed by atoms with Crippen LogP contribution in [0, 0.1) is 13.8 Å². The van der Waals surface area contributed by atoms with E-state index in [1.165, 1.54) is 41.5 Å². The normalized spacial score (nSPS) is 13.9. The molecule has 1 heterocycles. The van der Waals surface area contributed by atoms with Crippen LogP contribution in [0.3, 0.4) is 0 Å². The number of anilines is 2. The standard InChI is InChI=1S/C15H18N4OS2/c1-9-3-6-12(10(2)7-9)17-13(20)8-21-15-19-18-14(22-15)16-11-4-5-11/h3,6-7,11H,4-5,8H2,1-2H3,(H,16,18)(H,17,20). The van der Waals surface area contributed by atoms with E-state index < -0.39 is 0 Å². The molecule has 0 radical (unpaired) electrons. The molecule has 2 aromatic rings. The second-order valence-electron chi connectivity index (χ2n) is 5.45. The molecule has 0 saturated heterocycles. The molecule has 0 unspecified atom stereocenters. The number of aromatic nitrogens is 2. The molecule has 116 valence electrons. The lowest BCUT2D eigenvalue weighted by Crippen LogP contribution is -2.14. The van der Waals surface area contributed by atoms with Gasteiger partial charge in [0.2, 0.25) is 11.0 Å². The highest BCUT2D eigenvalue weighted by molar-refractivity contribution is 8.01. The van der Waals surface area contributed by atoms with Gasteiger partial charge in [-0.25, -0.2) is 0 Å². The molecule has 2 N–H and O–H groups in total. The van der Waals surface area contributed by atoms with Gasteiger partial charge < -0.3 is 10.6 Å². The maximum absolute atomic E-state index is 12.0. The van der Waals surface area contributed by atoms with Crippen molar-refractivity contribution in [3.8, 4) is 0 Å². The second kappa shape index (κ2) is 6.66. The van der Waals surface area contributed by atoms with Crippen LogP contribution in [0.15, 0.2) is 22.5 Å². The average Bonchev–Trinajstić information content (AvgIpc) is 3.17. The number of hydrogen-bond donors (Lipinski definition) is 2. The molecule has 5 nitrogen and oxygen atoms in total. The van der Waals surface area contributed by atoms with Gasteiger partial charge in [-0.05, 0) is 38.3 Å². The number of nitrogens with zero attached hydrogens (tertiary/aromatic N) is 2. The van der Waals surface area contributed by atoms with Gasteiger partial charge in [0.05, 0.1) is 5.75 Å². The Kier molecular flexibility index (Phi) is 4.63. The number of hydrogen-bond acceptors (Lipinski definition) is 6. The third-order valence-electron chi connectivity index (χ3n) is 3.29. The third kappa shape index (κ3) is 4.20. The van der Waals surface area contributed by atoms with Crippen molar-refractivity contribution in [1.82, 2.24) is 10.2 Å². The maximum Gasteiger partial charge on any atom is 0.234 e. The van der Waals surface area contributed by atoms with Crippen molar-refractivity contribution in [2.75, 3.05) is 16.4 Å². The van der Waals surface area contributed by atoms with Gasteiger partial charge in [0.25, 0.3) is 0 Å². The Morgan fingerprint density at radius 3 is 2.91 bits per heavy atom. The highest BCUT2D eigenvalue weighted by Gasteiger charge is 2.22. The fraction of sp³-hybridized carbons (Fsp3) is 0.400. The summed E-state index contributed by atoms with van der Waals surface area (Å²) >= 11 is 2.92. The summed E-state index contributed by atoms with van der Waals surface area (Å²) in [6.45, 7) is 4.04. The van der Waals surface area contributed by atoms with Crippen molar-refractivity contribution < 1.29 is 4.79 Å². The van der Waals surface area contributed by atoms with E-state index in [4.69, 9.17) is 0 Å². The van der Waals surface area contributed by atoms with Crippen LogP contribution in [-0.2, 0) is 4.79 Å². The van der Waals surface area contributed by atoms with Crippen LogP contribution in [0.4, 0.5) is 10.8 Å². The number of nitrogens with one attached hydrogen (secondary N) is 2. The Morgan fingerprint density at radius 2 is 2.18 bits per heavy atom. The lowest BCUT2D eigenvalue weighted by molar-refractivity contribution is -0.113. The lowest BCUT2D eigenvalue weighted by atomic mass is 10.1. The van der Waals surface area contributed by atoms with Gasteiger partial charge in [-0.3, -0.25) is 4.79 Å². The minimum Gasteiger partial charge on any atom is -0.357 e. The van der Waals surface area contributed by atoms with Gasteiger partial charge in [-0.15, -0.1) is 10.2 Å². The van der Waals surface area contributed by atoms with Crippen molar-refractivity contribution in [1.29, 1.82) is 0 Å². The SMILES string of the molecule is Cc1ccc(NC(=O)CSc2nnc(NC3CC3)s2)c(C)c1. The zero-order chi connectivity index (χ0) is 15.5. The second-order valence-corrected chi connectivity index (χ2v) is 7.65. The van der Waals surface area contributed by atoms with E-state index in [-0.39, 0.29) is 5.91 Å². The number of aryl methyl sites for hydroxylation is 2. The van der Waals surface area contributed by atoms with E-state index in [9.17, 15) is 4.79 Å². The van der Waals surface area contributed by atoms with Crippen molar-refractivity contribution >= 4 is 39.8 Å². The van der Waals surface area contributed by atoms with Crippen molar-refractivity contribution in [3.63, 3.8) is 0 Å². The first-order valence-electron chi connectivity index (χ1n) is 7.20. The van der Waals surface area contributed by atoms with Gasteiger partial charge in [-0.2, -0.15) is 0 Å². The fourth-order valence-electron chi connectivity index (χ4n) is 2.00. The highest BCUT2D eigenvalue weighted by atomic mass is 32.2. The number of thioether (sulfide) groups is 1. The molecule has 1 aromatic heterocycles. The van der Waals surface area contributed by atoms with E-state index >= 15 is 0 Å². The summed E-state index contributed by atoms with van der Waals surface area (Å²) < 4.78 is 0.818. The van der Waals surface area contributed by atoms with Gasteiger partial charge in [0.15, 0.2) is 4.34 Å². The number of rotatable bonds is 6. The number of carbonyl (C=O) groups excluding carboxylic acids is 1. The van der Waals surface area contributed by atoms with Crippen molar-refractivity contribution in [2.45, 2.75) is 37.1 Å². The first-order valence-corrected chi connectivity index (χ1v) is 9.00. The van der Waals surface area contributed by atoms with Crippen LogP contribution in [0.1, 0.15) is 24.0 Å². The molecule has 1 saturated carbocycles. The Bertz CT molecular complexity index is 682. The predicted molar refractivity (Wildman–Crippen MR) is 91.8 cm³/mol. The van der Waals surface area contributed by atoms with Crippen molar-refractivity contribution in [2.24, 2.45) is 0 Å². The molecule has 0 bridgehead atoms. The predicted octanol–water partition coefficient (Wildman–Crippen LogP) is 3.46. The topological polar surface area (TPSA) is 66.9 Å². The molecule has 0 atom stereocenters. The van der Waals surface area contributed by atoms with E-state index in [0.29, 0.717) is 11.8 Å². The quantitative estimate of drug-likeness (QED) is 0.792. The minimum atomic E-state index is -0.0242.